The number of hydrogen-bond donors (Lipinski definition) is 2. The van der Waals surface area contributed by atoms with E-state index in [0.717, 1.165) is 65.2 Å². The third-order valence-corrected chi connectivity index (χ3v) is 8.14. The number of nitrogens with one attached hydrogen (secondary N) is 1. The predicted octanol–water partition coefficient (Wildman–Crippen LogP) is 5.22. The van der Waals surface area contributed by atoms with Crippen LogP contribution in [0, 0.1) is 11.2 Å². The minimum Gasteiger partial charge on any atom is -0.398 e. The molecule has 0 aliphatic carbocycles. The van der Waals surface area contributed by atoms with Crippen molar-refractivity contribution < 1.29 is 15.3 Å². The molecule has 0 spiro atoms. The number of fused-ring (bicyclic) bond motifs is 1. The van der Waals surface area contributed by atoms with Gasteiger partial charge in [-0.25, -0.2) is 9.37 Å². The summed E-state index contributed by atoms with van der Waals surface area (Å²) in [4.78, 5) is 20.7. The molecule has 208 valence electrons. The third kappa shape index (κ3) is 4.70. The molecule has 0 bridgehead atoms. The van der Waals surface area contributed by atoms with Crippen molar-refractivity contribution in [3.8, 4) is 16.8 Å². The Morgan fingerprint density at radius 1 is 1.10 bits per heavy atom. The second-order valence-corrected chi connectivity index (χ2v) is 10.5. The van der Waals surface area contributed by atoms with Crippen molar-refractivity contribution in [3.63, 3.8) is 0 Å². The second kappa shape index (κ2) is 10.7. The summed E-state index contributed by atoms with van der Waals surface area (Å²) in [5, 5.41) is 8.89. The lowest BCUT2D eigenvalue weighted by atomic mass is 9.90. The van der Waals surface area contributed by atoms with Crippen LogP contribution in [0.2, 0.25) is 0 Å². The first-order valence-corrected chi connectivity index (χ1v) is 13.7. The van der Waals surface area contributed by atoms with E-state index in [-0.39, 0.29) is 19.1 Å². The number of halogens is 1. The third-order valence-electron chi connectivity index (χ3n) is 8.14. The van der Waals surface area contributed by atoms with Crippen LogP contribution in [0.1, 0.15) is 38.4 Å². The van der Waals surface area contributed by atoms with Crippen LogP contribution in [-0.4, -0.2) is 66.0 Å². The maximum atomic E-state index is 14.0. The Kier molecular flexibility index (Phi) is 6.98. The molecule has 9 heteroatoms. The van der Waals surface area contributed by atoms with Gasteiger partial charge in [-0.3, -0.25) is 4.79 Å². The zero-order valence-electron chi connectivity index (χ0n) is 22.6. The molecule has 4 aromatic rings. The molecule has 0 unspecified atom stereocenters. The Hall–Kier alpha value is -4.24. The van der Waals surface area contributed by atoms with E-state index in [1.54, 1.807) is 19.1 Å². The van der Waals surface area contributed by atoms with Gasteiger partial charge in [-0.05, 0) is 61.4 Å². The summed E-state index contributed by atoms with van der Waals surface area (Å²) < 4.78 is 21.9. The number of ether oxygens (including phenoxy) is 1. The van der Waals surface area contributed by atoms with Crippen molar-refractivity contribution >= 4 is 34.5 Å². The van der Waals surface area contributed by atoms with Crippen LogP contribution in [0.15, 0.2) is 54.7 Å². The molecule has 40 heavy (non-hydrogen) atoms. The van der Waals surface area contributed by atoms with Crippen LogP contribution >= 0.6 is 0 Å². The quantitative estimate of drug-likeness (QED) is 0.266. The summed E-state index contributed by atoms with van der Waals surface area (Å²) in [7, 11) is 0. The average molecular weight is 543 g/mol. The van der Waals surface area contributed by atoms with Gasteiger partial charge in [-0.1, -0.05) is 0 Å². The molecular weight excluding hydrogens is 507 g/mol. The summed E-state index contributed by atoms with van der Waals surface area (Å²) in [6.07, 6.45) is 4.92. The number of nitrogens with two attached hydrogens (primary N) is 1. The summed E-state index contributed by atoms with van der Waals surface area (Å²) >= 11 is 0. The zero-order valence-corrected chi connectivity index (χ0v) is 22.6. The van der Waals surface area contributed by atoms with E-state index < -0.39 is 0 Å². The topological polar surface area (TPSA) is 100 Å². The van der Waals surface area contributed by atoms with Crippen LogP contribution in [-0.2, 0) is 9.53 Å². The first-order chi connectivity index (χ1) is 19.4. The highest BCUT2D eigenvalue weighted by atomic mass is 19.1. The Bertz CT molecular complexity index is 1560. The second-order valence-electron chi connectivity index (χ2n) is 10.5. The Morgan fingerprint density at radius 2 is 1.82 bits per heavy atom. The lowest BCUT2D eigenvalue weighted by Gasteiger charge is -2.35. The monoisotopic (exact) mass is 542 g/mol. The van der Waals surface area contributed by atoms with Crippen LogP contribution in [0.5, 0.6) is 0 Å². The number of aromatic nitrogens is 2. The zero-order chi connectivity index (χ0) is 27.8. The number of hydrogen-bond acceptors (Lipinski definition) is 6. The van der Waals surface area contributed by atoms with Gasteiger partial charge in [0, 0.05) is 105 Å². The molecule has 1 amide bonds. The lowest BCUT2D eigenvalue weighted by Crippen LogP contribution is -2.48. The molecule has 6 rings (SSSR count). The molecule has 0 radical (unpaired) electrons. The highest BCUT2D eigenvalue weighted by Crippen LogP contribution is 2.44. The molecular formula is C31H35FN6O2. The van der Waals surface area contributed by atoms with E-state index in [9.17, 15) is 9.18 Å². The molecule has 2 aromatic heterocycles. The number of nitrogens with zero attached hydrogens (tertiary/aromatic N) is 4. The van der Waals surface area contributed by atoms with Gasteiger partial charge in [0.2, 0.25) is 5.91 Å². The maximum absolute atomic E-state index is 14.0. The molecule has 0 atom stereocenters. The Balaban J connectivity index is 0.00000337. The van der Waals surface area contributed by atoms with Gasteiger partial charge in [0.1, 0.15) is 11.6 Å². The fourth-order valence-electron chi connectivity index (χ4n) is 6.01. The molecule has 2 fully saturated rings. The van der Waals surface area contributed by atoms with Gasteiger partial charge in [0.25, 0.3) is 0 Å². The van der Waals surface area contributed by atoms with Crippen LogP contribution in [0.3, 0.4) is 0 Å². The van der Waals surface area contributed by atoms with Crippen molar-refractivity contribution in [3.05, 3.63) is 71.8 Å². The summed E-state index contributed by atoms with van der Waals surface area (Å²) in [5.74, 6) is 0.908. The van der Waals surface area contributed by atoms with Gasteiger partial charge >= 0.3 is 0 Å². The van der Waals surface area contributed by atoms with Crippen LogP contribution in [0.25, 0.3) is 27.7 Å². The first-order valence-electron chi connectivity index (χ1n) is 13.7. The number of rotatable bonds is 5. The highest BCUT2D eigenvalue weighted by molar-refractivity contribution is 6.04. The van der Waals surface area contributed by atoms with Gasteiger partial charge in [-0.2, -0.15) is 0 Å². The van der Waals surface area contributed by atoms with Crippen molar-refractivity contribution in [1.29, 1.82) is 5.41 Å². The number of nitrogen functional groups attached to an aromatic ring is 1. The molecule has 0 saturated carbocycles. The SMILES string of the molecule is CC(=O)N1CCN(c2ccc(-c3c(C4CCOCC4)n(-c4ccc(F)cc4)c4cc(C=N)c(N)cc34)cn2)CC1.[HH]. The van der Waals surface area contributed by atoms with Gasteiger partial charge in [-0.15, -0.1) is 0 Å². The molecule has 4 heterocycles. The number of pyridine rings is 1. The summed E-state index contributed by atoms with van der Waals surface area (Å²) in [6.45, 7) is 5.81. The molecule has 2 saturated heterocycles. The van der Waals surface area contributed by atoms with Gasteiger partial charge in [0.15, 0.2) is 0 Å². The van der Waals surface area contributed by atoms with Crippen LogP contribution < -0.4 is 10.6 Å². The largest absolute Gasteiger partial charge is 0.398 e. The standard InChI is InChI=1S/C31H33FN6O2.H2/c1-20(39)36-10-12-37(13-11-36)29-7-2-22(19-35-29)30-26-17-27(34)23(18-33)16-28(26)38(25-5-3-24(32)4-6-25)31(30)21-8-14-40-15-9-21;/h2-7,16-19,21,33H,8-15,34H2,1H3;1H. The van der Waals surface area contributed by atoms with Crippen LogP contribution in [0.4, 0.5) is 15.9 Å². The fourth-order valence-corrected chi connectivity index (χ4v) is 6.01. The number of carbonyl (C=O) groups excluding carboxylic acids is 1. The predicted molar refractivity (Wildman–Crippen MR) is 158 cm³/mol. The number of benzene rings is 2. The maximum Gasteiger partial charge on any atom is 0.219 e. The number of amides is 1. The molecule has 2 aliphatic rings. The van der Waals surface area contributed by atoms with Gasteiger partial charge < -0.3 is 30.2 Å². The molecule has 8 nitrogen and oxygen atoms in total. The van der Waals surface area contributed by atoms with Crippen molar-refractivity contribution in [2.45, 2.75) is 25.7 Å². The Labute approximate surface area is 234 Å². The van der Waals surface area contributed by atoms with Crippen molar-refractivity contribution in [2.24, 2.45) is 0 Å². The smallest absolute Gasteiger partial charge is 0.219 e. The normalized spacial score (nSPS) is 16.4. The molecule has 2 aliphatic heterocycles. The minimum absolute atomic E-state index is 0. The molecule has 3 N–H and O–H groups in total. The van der Waals surface area contributed by atoms with E-state index >= 15 is 0 Å². The highest BCUT2D eigenvalue weighted by Gasteiger charge is 2.29. The number of piperazine rings is 1. The van der Waals surface area contributed by atoms with E-state index in [4.69, 9.17) is 20.9 Å². The molecule has 2 aromatic carbocycles. The number of anilines is 2. The van der Waals surface area contributed by atoms with Crippen molar-refractivity contribution in [2.75, 3.05) is 50.0 Å². The summed E-state index contributed by atoms with van der Waals surface area (Å²) in [6, 6.07) is 14.6. The summed E-state index contributed by atoms with van der Waals surface area (Å²) in [5.41, 5.74) is 12.5. The van der Waals surface area contributed by atoms with Gasteiger partial charge in [0.05, 0.1) is 5.52 Å². The van der Waals surface area contributed by atoms with E-state index in [1.807, 2.05) is 29.3 Å². The average Bonchev–Trinajstić information content (AvgIpc) is 3.31. The Morgan fingerprint density at radius 3 is 2.45 bits per heavy atom. The number of carbonyl (C=O) groups is 1. The van der Waals surface area contributed by atoms with E-state index in [1.165, 1.54) is 18.3 Å². The van der Waals surface area contributed by atoms with Crippen molar-refractivity contribution in [1.82, 2.24) is 14.5 Å². The van der Waals surface area contributed by atoms with E-state index in [2.05, 4.69) is 15.5 Å². The first kappa shape index (κ1) is 26.0. The van der Waals surface area contributed by atoms with E-state index in [0.29, 0.717) is 37.6 Å². The lowest BCUT2D eigenvalue weighted by molar-refractivity contribution is -0.129. The minimum atomic E-state index is -0.290. The fraction of sp³-hybridized carbons (Fsp3) is 0.323.